The van der Waals surface area contributed by atoms with Crippen LogP contribution in [0.3, 0.4) is 0 Å². The van der Waals surface area contributed by atoms with Crippen LogP contribution in [0.1, 0.15) is 21.5 Å². The van der Waals surface area contributed by atoms with Gasteiger partial charge in [-0.3, -0.25) is 0 Å². The highest BCUT2D eigenvalue weighted by Gasteiger charge is 2.13. The molecule has 0 heterocycles. The fourth-order valence-electron chi connectivity index (χ4n) is 1.72. The van der Waals surface area contributed by atoms with Crippen molar-refractivity contribution in [3.05, 3.63) is 63.4 Å². The lowest BCUT2D eigenvalue weighted by Gasteiger charge is -2.09. The standard InChI is InChI=1S/C15H13BrFNO2/c1-9-3-2-4-12(14(9)18)15(19)20-8-10-5-6-11(17)7-13(10)16/h2-7H,8,18H2,1H3. The molecule has 0 bridgehead atoms. The van der Waals surface area contributed by atoms with E-state index in [1.807, 2.05) is 13.0 Å². The van der Waals surface area contributed by atoms with Gasteiger partial charge in [0.05, 0.1) is 5.56 Å². The maximum atomic E-state index is 13.0. The van der Waals surface area contributed by atoms with Crippen LogP contribution in [0, 0.1) is 12.7 Å². The van der Waals surface area contributed by atoms with Crippen molar-refractivity contribution < 1.29 is 13.9 Å². The van der Waals surface area contributed by atoms with Gasteiger partial charge < -0.3 is 10.5 Å². The van der Waals surface area contributed by atoms with Gasteiger partial charge in [-0.15, -0.1) is 0 Å². The number of para-hydroxylation sites is 1. The van der Waals surface area contributed by atoms with Crippen molar-refractivity contribution in [3.8, 4) is 0 Å². The number of nitrogens with two attached hydrogens (primary N) is 1. The molecule has 0 saturated heterocycles. The van der Waals surface area contributed by atoms with E-state index in [0.717, 1.165) is 5.56 Å². The molecule has 2 rings (SSSR count). The maximum absolute atomic E-state index is 13.0. The average Bonchev–Trinajstić information content (AvgIpc) is 2.40. The van der Waals surface area contributed by atoms with Gasteiger partial charge in [0.2, 0.25) is 0 Å². The smallest absolute Gasteiger partial charge is 0.340 e. The molecule has 0 aromatic heterocycles. The normalized spacial score (nSPS) is 10.3. The van der Waals surface area contributed by atoms with Crippen molar-refractivity contribution in [2.75, 3.05) is 5.73 Å². The number of ether oxygens (including phenoxy) is 1. The molecule has 0 aliphatic carbocycles. The van der Waals surface area contributed by atoms with E-state index in [1.54, 1.807) is 18.2 Å². The second-order valence-electron chi connectivity index (χ2n) is 4.35. The topological polar surface area (TPSA) is 52.3 Å². The number of anilines is 1. The third kappa shape index (κ3) is 3.17. The molecule has 5 heteroatoms. The summed E-state index contributed by atoms with van der Waals surface area (Å²) in [5.74, 6) is -0.850. The van der Waals surface area contributed by atoms with Gasteiger partial charge in [0.25, 0.3) is 0 Å². The Bertz CT molecular complexity index is 658. The van der Waals surface area contributed by atoms with Crippen molar-refractivity contribution >= 4 is 27.6 Å². The molecular formula is C15H13BrFNO2. The Morgan fingerprint density at radius 2 is 2.10 bits per heavy atom. The number of benzene rings is 2. The van der Waals surface area contributed by atoms with Crippen molar-refractivity contribution in [1.29, 1.82) is 0 Å². The number of carbonyl (C=O) groups excluding carboxylic acids is 1. The molecule has 0 saturated carbocycles. The monoisotopic (exact) mass is 337 g/mol. The Balaban J connectivity index is 2.11. The Kier molecular flexibility index (Phi) is 4.39. The minimum absolute atomic E-state index is 0.0487. The van der Waals surface area contributed by atoms with Crippen LogP contribution in [0.4, 0.5) is 10.1 Å². The van der Waals surface area contributed by atoms with Gasteiger partial charge in [0.1, 0.15) is 12.4 Å². The molecule has 20 heavy (non-hydrogen) atoms. The Morgan fingerprint density at radius 1 is 1.35 bits per heavy atom. The summed E-state index contributed by atoms with van der Waals surface area (Å²) in [6, 6.07) is 9.38. The summed E-state index contributed by atoms with van der Waals surface area (Å²) in [6.07, 6.45) is 0. The summed E-state index contributed by atoms with van der Waals surface area (Å²) < 4.78 is 18.7. The third-order valence-corrected chi connectivity index (χ3v) is 3.66. The van der Waals surface area contributed by atoms with E-state index < -0.39 is 5.97 Å². The molecule has 0 atom stereocenters. The van der Waals surface area contributed by atoms with E-state index >= 15 is 0 Å². The van der Waals surface area contributed by atoms with E-state index in [9.17, 15) is 9.18 Å². The average molecular weight is 338 g/mol. The lowest BCUT2D eigenvalue weighted by molar-refractivity contribution is 0.0473. The molecule has 0 aliphatic heterocycles. The van der Waals surface area contributed by atoms with Crippen molar-refractivity contribution in [1.82, 2.24) is 0 Å². The summed E-state index contributed by atoms with van der Waals surface area (Å²) in [5.41, 5.74) is 8.10. The molecule has 0 spiro atoms. The summed E-state index contributed by atoms with van der Waals surface area (Å²) >= 11 is 3.22. The molecular weight excluding hydrogens is 325 g/mol. The number of nitrogen functional groups attached to an aromatic ring is 1. The predicted octanol–water partition coefficient (Wildman–Crippen LogP) is 3.84. The summed E-state index contributed by atoms with van der Waals surface area (Å²) in [6.45, 7) is 1.87. The number of halogens is 2. The van der Waals surface area contributed by atoms with Crippen LogP contribution in [0.25, 0.3) is 0 Å². The lowest BCUT2D eigenvalue weighted by Crippen LogP contribution is -2.09. The summed E-state index contributed by atoms with van der Waals surface area (Å²) in [5, 5.41) is 0. The van der Waals surface area contributed by atoms with Crippen molar-refractivity contribution in [2.45, 2.75) is 13.5 Å². The Hall–Kier alpha value is -1.88. The quantitative estimate of drug-likeness (QED) is 0.683. The van der Waals surface area contributed by atoms with Gasteiger partial charge in [-0.05, 0) is 30.7 Å². The predicted molar refractivity (Wildman–Crippen MR) is 78.8 cm³/mol. The van der Waals surface area contributed by atoms with Gasteiger partial charge >= 0.3 is 5.97 Å². The number of esters is 1. The van der Waals surface area contributed by atoms with Crippen molar-refractivity contribution in [2.24, 2.45) is 0 Å². The number of aryl methyl sites for hydroxylation is 1. The van der Waals surface area contributed by atoms with Crippen LogP contribution >= 0.6 is 15.9 Å². The first-order valence-corrected chi connectivity index (χ1v) is 6.74. The highest BCUT2D eigenvalue weighted by molar-refractivity contribution is 9.10. The lowest BCUT2D eigenvalue weighted by atomic mass is 10.1. The first-order chi connectivity index (χ1) is 9.49. The molecule has 0 radical (unpaired) electrons. The minimum atomic E-state index is -0.498. The third-order valence-electron chi connectivity index (χ3n) is 2.92. The second-order valence-corrected chi connectivity index (χ2v) is 5.20. The highest BCUT2D eigenvalue weighted by Crippen LogP contribution is 2.21. The van der Waals surface area contributed by atoms with Crippen LogP contribution in [-0.2, 0) is 11.3 Å². The number of hydrogen-bond donors (Lipinski definition) is 1. The van der Waals surface area contributed by atoms with E-state index in [0.29, 0.717) is 21.3 Å². The largest absolute Gasteiger partial charge is 0.457 e. The molecule has 104 valence electrons. The fraction of sp³-hybridized carbons (Fsp3) is 0.133. The maximum Gasteiger partial charge on any atom is 0.340 e. The van der Waals surface area contributed by atoms with Crippen LogP contribution in [0.5, 0.6) is 0 Å². The van der Waals surface area contributed by atoms with E-state index in [1.165, 1.54) is 12.1 Å². The molecule has 0 unspecified atom stereocenters. The molecule has 0 aliphatic rings. The summed E-state index contributed by atoms with van der Waals surface area (Å²) in [7, 11) is 0. The molecule has 0 fully saturated rings. The molecule has 0 amide bonds. The highest BCUT2D eigenvalue weighted by atomic mass is 79.9. The van der Waals surface area contributed by atoms with E-state index in [-0.39, 0.29) is 12.4 Å². The Labute approximate surface area is 124 Å². The zero-order valence-electron chi connectivity index (χ0n) is 10.8. The van der Waals surface area contributed by atoms with Crippen molar-refractivity contribution in [3.63, 3.8) is 0 Å². The number of rotatable bonds is 3. The second kappa shape index (κ2) is 6.05. The first-order valence-electron chi connectivity index (χ1n) is 5.95. The zero-order valence-corrected chi connectivity index (χ0v) is 12.4. The molecule has 2 aromatic carbocycles. The van der Waals surface area contributed by atoms with Gasteiger partial charge in [0, 0.05) is 15.7 Å². The molecule has 2 aromatic rings. The number of hydrogen-bond acceptors (Lipinski definition) is 3. The van der Waals surface area contributed by atoms with Gasteiger partial charge in [-0.1, -0.05) is 34.1 Å². The van der Waals surface area contributed by atoms with E-state index in [4.69, 9.17) is 10.5 Å². The van der Waals surface area contributed by atoms with Crippen LogP contribution < -0.4 is 5.73 Å². The number of carbonyl (C=O) groups is 1. The van der Waals surface area contributed by atoms with Crippen LogP contribution in [-0.4, -0.2) is 5.97 Å². The zero-order chi connectivity index (χ0) is 14.7. The Morgan fingerprint density at radius 3 is 2.80 bits per heavy atom. The molecule has 2 N–H and O–H groups in total. The first kappa shape index (κ1) is 14.5. The van der Waals surface area contributed by atoms with Gasteiger partial charge in [0.15, 0.2) is 0 Å². The van der Waals surface area contributed by atoms with Crippen LogP contribution in [0.15, 0.2) is 40.9 Å². The summed E-state index contributed by atoms with van der Waals surface area (Å²) in [4.78, 5) is 12.0. The fourth-order valence-corrected chi connectivity index (χ4v) is 2.18. The van der Waals surface area contributed by atoms with Gasteiger partial charge in [-0.2, -0.15) is 0 Å². The van der Waals surface area contributed by atoms with E-state index in [2.05, 4.69) is 15.9 Å². The van der Waals surface area contributed by atoms with Gasteiger partial charge in [-0.25, -0.2) is 9.18 Å². The SMILES string of the molecule is Cc1cccc(C(=O)OCc2ccc(F)cc2Br)c1N. The van der Waals surface area contributed by atoms with Crippen LogP contribution in [0.2, 0.25) is 0 Å². The molecule has 3 nitrogen and oxygen atoms in total. The minimum Gasteiger partial charge on any atom is -0.457 e.